The van der Waals surface area contributed by atoms with Gasteiger partial charge in [0.2, 0.25) is 0 Å². The first-order valence-electron chi connectivity index (χ1n) is 5.78. The normalized spacial score (nSPS) is 11.5. The minimum atomic E-state index is -0.912. The zero-order valence-electron chi connectivity index (χ0n) is 10.9. The van der Waals surface area contributed by atoms with Crippen molar-refractivity contribution in [3.05, 3.63) is 24.3 Å². The lowest BCUT2D eigenvalue weighted by molar-refractivity contribution is -0.165. The molecule has 0 radical (unpaired) electrons. The molecule has 0 fully saturated rings. The number of carbonyl (C=O) groups excluding carboxylic acids is 2. The van der Waals surface area contributed by atoms with E-state index in [9.17, 15) is 9.59 Å². The summed E-state index contributed by atoms with van der Waals surface area (Å²) in [5.74, 6) is -0.541. The summed E-state index contributed by atoms with van der Waals surface area (Å²) in [6.07, 6.45) is -0.874. The Bertz CT molecular complexity index is 446. The van der Waals surface area contributed by atoms with Crippen LogP contribution < -0.4 is 10.5 Å². The third kappa shape index (κ3) is 5.29. The SMILES string of the molecule is COC(=O)C(C)OC(=O)CCOc1cccc(N)c1. The van der Waals surface area contributed by atoms with Gasteiger partial charge in [-0.1, -0.05) is 6.07 Å². The fourth-order valence-electron chi connectivity index (χ4n) is 1.33. The number of hydrogen-bond acceptors (Lipinski definition) is 6. The Hall–Kier alpha value is -2.24. The average Bonchev–Trinajstić information content (AvgIpc) is 2.37. The monoisotopic (exact) mass is 267 g/mol. The predicted octanol–water partition coefficient (Wildman–Crippen LogP) is 1.14. The molecular weight excluding hydrogens is 250 g/mol. The molecule has 0 aliphatic rings. The van der Waals surface area contributed by atoms with E-state index in [1.807, 2.05) is 0 Å². The number of benzene rings is 1. The van der Waals surface area contributed by atoms with Gasteiger partial charge < -0.3 is 19.9 Å². The maximum atomic E-state index is 11.4. The zero-order valence-corrected chi connectivity index (χ0v) is 10.9. The summed E-state index contributed by atoms with van der Waals surface area (Å²) < 4.78 is 14.6. The van der Waals surface area contributed by atoms with Crippen molar-refractivity contribution in [1.82, 2.24) is 0 Å². The molecule has 1 rings (SSSR count). The maximum Gasteiger partial charge on any atom is 0.346 e. The van der Waals surface area contributed by atoms with Crippen LogP contribution in [0.2, 0.25) is 0 Å². The van der Waals surface area contributed by atoms with Crippen LogP contribution in [0, 0.1) is 0 Å². The minimum Gasteiger partial charge on any atom is -0.493 e. The number of rotatable bonds is 6. The molecule has 6 nitrogen and oxygen atoms in total. The van der Waals surface area contributed by atoms with Crippen molar-refractivity contribution in [2.75, 3.05) is 19.5 Å². The van der Waals surface area contributed by atoms with Crippen molar-refractivity contribution in [3.8, 4) is 5.75 Å². The molecule has 0 bridgehead atoms. The van der Waals surface area contributed by atoms with E-state index in [0.717, 1.165) is 0 Å². The average molecular weight is 267 g/mol. The summed E-state index contributed by atoms with van der Waals surface area (Å²) in [6, 6.07) is 6.88. The maximum absolute atomic E-state index is 11.4. The van der Waals surface area contributed by atoms with Crippen LogP contribution in [0.5, 0.6) is 5.75 Å². The second kappa shape index (κ2) is 7.25. The summed E-state index contributed by atoms with van der Waals surface area (Å²) in [5, 5.41) is 0. The van der Waals surface area contributed by atoms with Gasteiger partial charge in [0.1, 0.15) is 5.75 Å². The molecule has 2 N–H and O–H groups in total. The Labute approximate surface area is 111 Å². The molecule has 0 amide bonds. The molecule has 0 saturated carbocycles. The molecule has 0 spiro atoms. The predicted molar refractivity (Wildman–Crippen MR) is 68.5 cm³/mol. The highest BCUT2D eigenvalue weighted by atomic mass is 16.6. The first-order valence-corrected chi connectivity index (χ1v) is 5.78. The molecule has 0 heterocycles. The van der Waals surface area contributed by atoms with Crippen LogP contribution >= 0.6 is 0 Å². The molecule has 0 saturated heterocycles. The Kier molecular flexibility index (Phi) is 5.66. The van der Waals surface area contributed by atoms with Crippen LogP contribution in [0.25, 0.3) is 0 Å². The van der Waals surface area contributed by atoms with Crippen LogP contribution in [0.15, 0.2) is 24.3 Å². The summed E-state index contributed by atoms with van der Waals surface area (Å²) in [7, 11) is 1.23. The van der Waals surface area contributed by atoms with E-state index in [2.05, 4.69) is 4.74 Å². The highest BCUT2D eigenvalue weighted by Crippen LogP contribution is 2.14. The Balaban J connectivity index is 2.29. The van der Waals surface area contributed by atoms with E-state index in [0.29, 0.717) is 11.4 Å². The molecule has 0 aliphatic carbocycles. The molecule has 1 unspecified atom stereocenters. The molecule has 0 aromatic heterocycles. The molecule has 1 atom stereocenters. The highest BCUT2D eigenvalue weighted by Gasteiger charge is 2.17. The van der Waals surface area contributed by atoms with Crippen molar-refractivity contribution in [2.45, 2.75) is 19.4 Å². The quantitative estimate of drug-likeness (QED) is 0.614. The Morgan fingerprint density at radius 2 is 2.11 bits per heavy atom. The number of methoxy groups -OCH3 is 1. The highest BCUT2D eigenvalue weighted by molar-refractivity contribution is 5.78. The van der Waals surface area contributed by atoms with Crippen molar-refractivity contribution < 1.29 is 23.8 Å². The first-order chi connectivity index (χ1) is 9.02. The summed E-state index contributed by atoms with van der Waals surface area (Å²) >= 11 is 0. The van der Waals surface area contributed by atoms with Crippen LogP contribution in [0.4, 0.5) is 5.69 Å². The first kappa shape index (κ1) is 14.8. The van der Waals surface area contributed by atoms with Crippen molar-refractivity contribution in [1.29, 1.82) is 0 Å². The van der Waals surface area contributed by atoms with E-state index in [4.69, 9.17) is 15.2 Å². The lowest BCUT2D eigenvalue weighted by atomic mass is 10.3. The van der Waals surface area contributed by atoms with E-state index < -0.39 is 18.0 Å². The molecular formula is C13H17NO5. The second-order valence-electron chi connectivity index (χ2n) is 3.83. The number of anilines is 1. The van der Waals surface area contributed by atoms with Gasteiger partial charge >= 0.3 is 11.9 Å². The smallest absolute Gasteiger partial charge is 0.346 e. The van der Waals surface area contributed by atoms with Gasteiger partial charge in [0, 0.05) is 11.8 Å². The number of carbonyl (C=O) groups is 2. The van der Waals surface area contributed by atoms with Gasteiger partial charge in [-0.2, -0.15) is 0 Å². The number of ether oxygens (including phenoxy) is 3. The van der Waals surface area contributed by atoms with Gasteiger partial charge in [0.05, 0.1) is 20.1 Å². The van der Waals surface area contributed by atoms with Gasteiger partial charge in [0.25, 0.3) is 0 Å². The molecule has 0 aliphatic heterocycles. The number of nitrogens with two attached hydrogens (primary N) is 1. The topological polar surface area (TPSA) is 87.8 Å². The summed E-state index contributed by atoms with van der Waals surface area (Å²) in [5.41, 5.74) is 6.16. The third-order valence-electron chi connectivity index (χ3n) is 2.27. The standard InChI is InChI=1S/C13H17NO5/c1-9(13(16)17-2)19-12(15)6-7-18-11-5-3-4-10(14)8-11/h3-5,8-9H,6-7,14H2,1-2H3. The van der Waals surface area contributed by atoms with E-state index in [1.54, 1.807) is 24.3 Å². The van der Waals surface area contributed by atoms with Crippen LogP contribution in [0.3, 0.4) is 0 Å². The van der Waals surface area contributed by atoms with E-state index in [1.165, 1.54) is 14.0 Å². The Morgan fingerprint density at radius 1 is 1.37 bits per heavy atom. The number of nitrogen functional groups attached to an aromatic ring is 1. The van der Waals surface area contributed by atoms with Gasteiger partial charge in [-0.25, -0.2) is 4.79 Å². The summed E-state index contributed by atoms with van der Waals surface area (Å²) in [6.45, 7) is 1.60. The van der Waals surface area contributed by atoms with Gasteiger partial charge in [-0.15, -0.1) is 0 Å². The molecule has 1 aromatic rings. The number of hydrogen-bond donors (Lipinski definition) is 1. The lowest BCUT2D eigenvalue weighted by Crippen LogP contribution is -2.26. The summed E-state index contributed by atoms with van der Waals surface area (Å²) in [4.78, 5) is 22.4. The molecule has 104 valence electrons. The van der Waals surface area contributed by atoms with Crippen molar-refractivity contribution >= 4 is 17.6 Å². The van der Waals surface area contributed by atoms with Crippen LogP contribution in [0.1, 0.15) is 13.3 Å². The minimum absolute atomic E-state index is 0.0378. The fourth-order valence-corrected chi connectivity index (χ4v) is 1.33. The van der Waals surface area contributed by atoms with Gasteiger partial charge in [-0.05, 0) is 19.1 Å². The van der Waals surface area contributed by atoms with E-state index in [-0.39, 0.29) is 13.0 Å². The van der Waals surface area contributed by atoms with E-state index >= 15 is 0 Å². The molecule has 19 heavy (non-hydrogen) atoms. The second-order valence-corrected chi connectivity index (χ2v) is 3.83. The fraction of sp³-hybridized carbons (Fsp3) is 0.385. The molecule has 6 heteroatoms. The van der Waals surface area contributed by atoms with Crippen molar-refractivity contribution in [3.63, 3.8) is 0 Å². The van der Waals surface area contributed by atoms with Gasteiger partial charge in [-0.3, -0.25) is 4.79 Å². The van der Waals surface area contributed by atoms with Gasteiger partial charge in [0.15, 0.2) is 6.10 Å². The van der Waals surface area contributed by atoms with Crippen LogP contribution in [-0.2, 0) is 19.1 Å². The largest absolute Gasteiger partial charge is 0.493 e. The third-order valence-corrected chi connectivity index (χ3v) is 2.27. The molecule has 1 aromatic carbocycles. The zero-order chi connectivity index (χ0) is 14.3. The lowest BCUT2D eigenvalue weighted by Gasteiger charge is -2.11. The van der Waals surface area contributed by atoms with Crippen molar-refractivity contribution in [2.24, 2.45) is 0 Å². The van der Waals surface area contributed by atoms with Crippen LogP contribution in [-0.4, -0.2) is 31.8 Å². The number of esters is 2. The Morgan fingerprint density at radius 3 is 2.74 bits per heavy atom.